The van der Waals surface area contributed by atoms with Crippen LogP contribution in [0.1, 0.15) is 59.7 Å². The molecule has 0 spiro atoms. The van der Waals surface area contributed by atoms with Crippen molar-refractivity contribution in [3.8, 4) is 6.07 Å². The third-order valence-electron chi connectivity index (χ3n) is 4.63. The van der Waals surface area contributed by atoms with Crippen LogP contribution in [0.25, 0.3) is 0 Å². The lowest BCUT2D eigenvalue weighted by atomic mass is 9.92. The monoisotopic (exact) mass is 424 g/mol. The topological polar surface area (TPSA) is 103 Å². The number of aromatic nitrogens is 2. The zero-order valence-corrected chi connectivity index (χ0v) is 19.4. The number of carbonyl (C=O) groups excluding carboxylic acids is 2. The van der Waals surface area contributed by atoms with E-state index >= 15 is 0 Å². The van der Waals surface area contributed by atoms with E-state index in [1.807, 2.05) is 32.9 Å². The van der Waals surface area contributed by atoms with Gasteiger partial charge in [0.1, 0.15) is 12.4 Å². The lowest BCUT2D eigenvalue weighted by Gasteiger charge is -2.24. The highest BCUT2D eigenvalue weighted by molar-refractivity contribution is 5.96. The van der Waals surface area contributed by atoms with Crippen molar-refractivity contribution < 1.29 is 9.59 Å². The number of anilines is 2. The summed E-state index contributed by atoms with van der Waals surface area (Å²) in [6.07, 6.45) is 0. The van der Waals surface area contributed by atoms with Gasteiger partial charge >= 0.3 is 6.03 Å². The van der Waals surface area contributed by atoms with Crippen molar-refractivity contribution in [2.45, 2.75) is 59.4 Å². The Morgan fingerprint density at radius 1 is 1.13 bits per heavy atom. The lowest BCUT2D eigenvalue weighted by molar-refractivity contribution is -0.116. The molecule has 1 aromatic carbocycles. The first-order valence-electron chi connectivity index (χ1n) is 10.3. The molecule has 0 saturated heterocycles. The molecule has 1 aromatic heterocycles. The van der Waals surface area contributed by atoms with E-state index in [2.05, 4.69) is 31.4 Å². The van der Waals surface area contributed by atoms with Gasteiger partial charge in [-0.1, -0.05) is 26.8 Å². The minimum absolute atomic E-state index is 0.111. The van der Waals surface area contributed by atoms with Crippen molar-refractivity contribution in [3.05, 3.63) is 41.6 Å². The standard InChI is InChI=1S/C23H32N6O2/c1-8-28(21(31)25-17-11-9-10-16(12-17)14-24)15-20(30)26-19-13-18(22(2,3)4)27-29(19)23(5,6)7/h9-13H,8,15H2,1-7H3,(H,25,31)(H,26,30). The third kappa shape index (κ3) is 6.32. The van der Waals surface area contributed by atoms with Crippen molar-refractivity contribution >= 4 is 23.4 Å². The molecule has 31 heavy (non-hydrogen) atoms. The van der Waals surface area contributed by atoms with Crippen molar-refractivity contribution in [2.24, 2.45) is 0 Å². The molecule has 0 radical (unpaired) electrons. The molecule has 3 amide bonds. The molecule has 0 fully saturated rings. The van der Waals surface area contributed by atoms with Crippen LogP contribution in [-0.2, 0) is 15.7 Å². The van der Waals surface area contributed by atoms with Gasteiger partial charge in [0.25, 0.3) is 0 Å². The average Bonchev–Trinajstić information content (AvgIpc) is 3.10. The summed E-state index contributed by atoms with van der Waals surface area (Å²) in [5.41, 5.74) is 1.34. The molecular weight excluding hydrogens is 392 g/mol. The molecule has 0 atom stereocenters. The maximum atomic E-state index is 12.8. The van der Waals surface area contributed by atoms with Crippen molar-refractivity contribution in [1.29, 1.82) is 5.26 Å². The quantitative estimate of drug-likeness (QED) is 0.747. The molecule has 0 bridgehead atoms. The molecule has 1 heterocycles. The Morgan fingerprint density at radius 2 is 1.81 bits per heavy atom. The van der Waals surface area contributed by atoms with Crippen LogP contribution < -0.4 is 10.6 Å². The predicted molar refractivity (Wildman–Crippen MR) is 122 cm³/mol. The summed E-state index contributed by atoms with van der Waals surface area (Å²) in [7, 11) is 0. The molecule has 8 heteroatoms. The number of carbonyl (C=O) groups is 2. The fourth-order valence-electron chi connectivity index (χ4n) is 2.90. The second-order valence-electron chi connectivity index (χ2n) is 9.43. The zero-order chi connectivity index (χ0) is 23.4. The Balaban J connectivity index is 2.14. The van der Waals surface area contributed by atoms with Gasteiger partial charge in [0.05, 0.1) is 22.9 Å². The fourth-order valence-corrected chi connectivity index (χ4v) is 2.90. The molecular formula is C23H32N6O2. The van der Waals surface area contributed by atoms with E-state index in [-0.39, 0.29) is 23.4 Å². The first-order chi connectivity index (χ1) is 14.3. The maximum absolute atomic E-state index is 12.8. The van der Waals surface area contributed by atoms with E-state index in [0.717, 1.165) is 5.69 Å². The number of benzene rings is 1. The molecule has 0 aliphatic rings. The lowest BCUT2D eigenvalue weighted by Crippen LogP contribution is -2.41. The molecule has 2 aromatic rings. The molecule has 166 valence electrons. The van der Waals surface area contributed by atoms with Crippen molar-refractivity contribution in [3.63, 3.8) is 0 Å². The molecule has 0 unspecified atom stereocenters. The number of urea groups is 1. The molecule has 8 nitrogen and oxygen atoms in total. The van der Waals surface area contributed by atoms with Crippen LogP contribution in [0, 0.1) is 11.3 Å². The fraction of sp³-hybridized carbons (Fsp3) is 0.478. The highest BCUT2D eigenvalue weighted by Gasteiger charge is 2.26. The molecule has 2 N–H and O–H groups in total. The van der Waals surface area contributed by atoms with Crippen LogP contribution in [0.2, 0.25) is 0 Å². The van der Waals surface area contributed by atoms with Gasteiger partial charge in [-0.25, -0.2) is 9.48 Å². The summed E-state index contributed by atoms with van der Waals surface area (Å²) in [5.74, 6) is 0.286. The van der Waals surface area contributed by atoms with Gasteiger partial charge < -0.3 is 15.5 Å². The van der Waals surface area contributed by atoms with E-state index in [1.165, 1.54) is 4.90 Å². The molecule has 0 aliphatic heterocycles. The Morgan fingerprint density at radius 3 is 2.35 bits per heavy atom. The van der Waals surface area contributed by atoms with Crippen molar-refractivity contribution in [2.75, 3.05) is 23.7 Å². The molecule has 0 saturated carbocycles. The summed E-state index contributed by atoms with van der Waals surface area (Å²) >= 11 is 0. The van der Waals surface area contributed by atoms with Gasteiger partial charge in [0, 0.05) is 23.7 Å². The summed E-state index contributed by atoms with van der Waals surface area (Å²) in [6, 6.07) is 10.1. The number of rotatable bonds is 5. The van der Waals surface area contributed by atoms with Crippen LogP contribution in [0.5, 0.6) is 0 Å². The second-order valence-corrected chi connectivity index (χ2v) is 9.43. The number of hydrogen-bond donors (Lipinski definition) is 2. The van der Waals surface area contributed by atoms with Crippen LogP contribution >= 0.6 is 0 Å². The Bertz CT molecular complexity index is 989. The Kier molecular flexibility index (Phi) is 7.11. The minimum atomic E-state index is -0.410. The number of nitriles is 1. The van der Waals surface area contributed by atoms with Crippen molar-refractivity contribution in [1.82, 2.24) is 14.7 Å². The molecule has 0 aliphatic carbocycles. The minimum Gasteiger partial charge on any atom is -0.315 e. The summed E-state index contributed by atoms with van der Waals surface area (Å²) in [5, 5.41) is 19.3. The second kappa shape index (κ2) is 9.21. The van der Waals surface area contributed by atoms with E-state index < -0.39 is 6.03 Å². The average molecular weight is 425 g/mol. The third-order valence-corrected chi connectivity index (χ3v) is 4.63. The predicted octanol–water partition coefficient (Wildman–Crippen LogP) is 4.30. The zero-order valence-electron chi connectivity index (χ0n) is 19.4. The van der Waals surface area contributed by atoms with E-state index in [4.69, 9.17) is 10.4 Å². The summed E-state index contributed by atoms with van der Waals surface area (Å²) in [4.78, 5) is 26.8. The van der Waals surface area contributed by atoms with Crippen LogP contribution in [0.15, 0.2) is 30.3 Å². The van der Waals surface area contributed by atoms with Gasteiger partial charge in [-0.3, -0.25) is 4.79 Å². The first kappa shape index (κ1) is 23.9. The SMILES string of the molecule is CCN(CC(=O)Nc1cc(C(C)(C)C)nn1C(C)(C)C)C(=O)Nc1cccc(C#N)c1. The normalized spacial score (nSPS) is 11.5. The number of likely N-dealkylation sites (N-methyl/N-ethyl adjacent to an activating group) is 1. The number of nitrogens with zero attached hydrogens (tertiary/aromatic N) is 4. The summed E-state index contributed by atoms with van der Waals surface area (Å²) in [6.45, 7) is 14.3. The number of hydrogen-bond acceptors (Lipinski definition) is 4. The van der Waals surface area contributed by atoms with E-state index in [0.29, 0.717) is 23.6 Å². The van der Waals surface area contributed by atoms with Gasteiger partial charge in [0.15, 0.2) is 0 Å². The van der Waals surface area contributed by atoms with Gasteiger partial charge in [-0.15, -0.1) is 0 Å². The number of nitrogens with one attached hydrogen (secondary N) is 2. The Labute approximate surface area is 184 Å². The van der Waals surface area contributed by atoms with E-state index in [9.17, 15) is 9.59 Å². The van der Waals surface area contributed by atoms with E-state index in [1.54, 1.807) is 35.9 Å². The molecule has 2 rings (SSSR count). The smallest absolute Gasteiger partial charge is 0.315 e. The largest absolute Gasteiger partial charge is 0.322 e. The highest BCUT2D eigenvalue weighted by atomic mass is 16.2. The van der Waals surface area contributed by atoms with Gasteiger partial charge in [0.2, 0.25) is 5.91 Å². The van der Waals surface area contributed by atoms with Gasteiger partial charge in [-0.05, 0) is 45.9 Å². The number of amides is 3. The Hall–Kier alpha value is -3.34. The first-order valence-corrected chi connectivity index (χ1v) is 10.3. The summed E-state index contributed by atoms with van der Waals surface area (Å²) < 4.78 is 1.80. The highest BCUT2D eigenvalue weighted by Crippen LogP contribution is 2.28. The van der Waals surface area contributed by atoms with Crippen LogP contribution in [0.3, 0.4) is 0 Å². The van der Waals surface area contributed by atoms with Gasteiger partial charge in [-0.2, -0.15) is 10.4 Å². The maximum Gasteiger partial charge on any atom is 0.322 e. The van der Waals surface area contributed by atoms with Crippen LogP contribution in [-0.4, -0.2) is 39.7 Å². The van der Waals surface area contributed by atoms with Crippen LogP contribution in [0.4, 0.5) is 16.3 Å².